The Bertz CT molecular complexity index is 548. The zero-order valence-electron chi connectivity index (χ0n) is 10.1. The van der Waals surface area contributed by atoms with Gasteiger partial charge < -0.3 is 0 Å². The van der Waals surface area contributed by atoms with E-state index in [2.05, 4.69) is 35.4 Å². The minimum Gasteiger partial charge on any atom is -0.237 e. The highest BCUT2D eigenvalue weighted by atomic mass is 15.3. The molecule has 1 aliphatic rings. The summed E-state index contributed by atoms with van der Waals surface area (Å²) < 4.78 is 2.07. The van der Waals surface area contributed by atoms with E-state index in [1.54, 1.807) is 0 Å². The van der Waals surface area contributed by atoms with Crippen molar-refractivity contribution >= 4 is 5.57 Å². The van der Waals surface area contributed by atoms with E-state index in [9.17, 15) is 0 Å². The van der Waals surface area contributed by atoms with Crippen LogP contribution in [0.4, 0.5) is 0 Å². The molecule has 17 heavy (non-hydrogen) atoms. The van der Waals surface area contributed by atoms with Crippen molar-refractivity contribution in [1.82, 2.24) is 9.78 Å². The molecule has 2 aromatic rings. The third kappa shape index (κ3) is 1.80. The van der Waals surface area contributed by atoms with Crippen molar-refractivity contribution in [2.24, 2.45) is 0 Å². The Labute approximate surface area is 102 Å². The summed E-state index contributed by atoms with van der Waals surface area (Å²) in [4.78, 5) is 0. The number of para-hydroxylation sites is 1. The van der Waals surface area contributed by atoms with Crippen LogP contribution in [0.1, 0.15) is 36.9 Å². The van der Waals surface area contributed by atoms with Crippen LogP contribution in [-0.2, 0) is 0 Å². The lowest BCUT2D eigenvalue weighted by molar-refractivity contribution is 0.807. The van der Waals surface area contributed by atoms with Gasteiger partial charge in [-0.3, -0.25) is 0 Å². The number of nitrogens with zero attached hydrogens (tertiary/aromatic N) is 2. The predicted octanol–water partition coefficient (Wildman–Crippen LogP) is 3.78. The molecule has 0 unspecified atom stereocenters. The van der Waals surface area contributed by atoms with E-state index in [1.165, 1.54) is 24.1 Å². The van der Waals surface area contributed by atoms with Crippen molar-refractivity contribution in [2.45, 2.75) is 25.7 Å². The average Bonchev–Trinajstić information content (AvgIpc) is 3.08. The van der Waals surface area contributed by atoms with Crippen LogP contribution in [-0.4, -0.2) is 9.78 Å². The maximum Gasteiger partial charge on any atom is 0.0649 e. The minimum atomic E-state index is 0.671. The van der Waals surface area contributed by atoms with Crippen LogP contribution in [0.15, 0.2) is 43.1 Å². The normalized spacial score (nSPS) is 14.9. The SMILES string of the molecule is C=C(C)c1cnn(-c2ccccc2)c1C1CC1. The summed E-state index contributed by atoms with van der Waals surface area (Å²) in [5.74, 6) is 0.671. The number of hydrogen-bond acceptors (Lipinski definition) is 1. The standard InChI is InChI=1S/C15H16N2/c1-11(2)14-10-16-17(15(14)12-8-9-12)13-6-4-3-5-7-13/h3-7,10,12H,1,8-9H2,2H3. The Morgan fingerprint density at radius 1 is 1.29 bits per heavy atom. The highest BCUT2D eigenvalue weighted by molar-refractivity contribution is 5.64. The molecule has 1 fully saturated rings. The van der Waals surface area contributed by atoms with Gasteiger partial charge in [-0.1, -0.05) is 24.8 Å². The van der Waals surface area contributed by atoms with E-state index in [0.717, 1.165) is 11.3 Å². The molecular weight excluding hydrogens is 208 g/mol. The molecule has 2 heteroatoms. The first-order valence-electron chi connectivity index (χ1n) is 6.06. The van der Waals surface area contributed by atoms with E-state index in [4.69, 9.17) is 0 Å². The van der Waals surface area contributed by atoms with Crippen molar-refractivity contribution in [1.29, 1.82) is 0 Å². The maximum absolute atomic E-state index is 4.52. The van der Waals surface area contributed by atoms with Gasteiger partial charge in [-0.15, -0.1) is 0 Å². The first kappa shape index (κ1) is 10.3. The molecule has 1 aliphatic carbocycles. The van der Waals surface area contributed by atoms with Crippen LogP contribution < -0.4 is 0 Å². The van der Waals surface area contributed by atoms with E-state index in [1.807, 2.05) is 24.4 Å². The van der Waals surface area contributed by atoms with E-state index < -0.39 is 0 Å². The highest BCUT2D eigenvalue weighted by Gasteiger charge is 2.30. The van der Waals surface area contributed by atoms with Gasteiger partial charge in [-0.25, -0.2) is 4.68 Å². The molecule has 1 aromatic heterocycles. The van der Waals surface area contributed by atoms with Gasteiger partial charge in [0.25, 0.3) is 0 Å². The largest absolute Gasteiger partial charge is 0.237 e. The van der Waals surface area contributed by atoms with Crippen LogP contribution in [0.25, 0.3) is 11.3 Å². The monoisotopic (exact) mass is 224 g/mol. The van der Waals surface area contributed by atoms with E-state index >= 15 is 0 Å². The molecule has 1 aromatic carbocycles. The molecule has 1 saturated carbocycles. The van der Waals surface area contributed by atoms with Gasteiger partial charge in [0, 0.05) is 11.5 Å². The van der Waals surface area contributed by atoms with Crippen LogP contribution in [0, 0.1) is 0 Å². The lowest BCUT2D eigenvalue weighted by atomic mass is 10.1. The van der Waals surface area contributed by atoms with Gasteiger partial charge >= 0.3 is 0 Å². The first-order chi connectivity index (χ1) is 8.27. The van der Waals surface area contributed by atoms with Crippen molar-refractivity contribution < 1.29 is 0 Å². The average molecular weight is 224 g/mol. The Morgan fingerprint density at radius 2 is 2.00 bits per heavy atom. The topological polar surface area (TPSA) is 17.8 Å². The molecule has 0 N–H and O–H groups in total. The van der Waals surface area contributed by atoms with Crippen LogP contribution >= 0.6 is 0 Å². The Hall–Kier alpha value is -1.83. The molecule has 1 heterocycles. The van der Waals surface area contributed by atoms with Crippen LogP contribution in [0.2, 0.25) is 0 Å². The lowest BCUT2D eigenvalue weighted by Crippen LogP contribution is -2.01. The van der Waals surface area contributed by atoms with Crippen molar-refractivity contribution in [3.8, 4) is 5.69 Å². The molecular formula is C15H16N2. The molecule has 0 bridgehead atoms. The molecule has 0 saturated heterocycles. The summed E-state index contributed by atoms with van der Waals surface area (Å²) in [6.07, 6.45) is 4.50. The fraction of sp³-hybridized carbons (Fsp3) is 0.267. The van der Waals surface area contributed by atoms with Crippen molar-refractivity contribution in [3.05, 3.63) is 54.4 Å². The van der Waals surface area contributed by atoms with Crippen LogP contribution in [0.5, 0.6) is 0 Å². The molecule has 2 nitrogen and oxygen atoms in total. The summed E-state index contributed by atoms with van der Waals surface area (Å²) >= 11 is 0. The maximum atomic E-state index is 4.52. The third-order valence-electron chi connectivity index (χ3n) is 3.23. The fourth-order valence-electron chi connectivity index (χ4n) is 2.21. The fourth-order valence-corrected chi connectivity index (χ4v) is 2.21. The predicted molar refractivity (Wildman–Crippen MR) is 70.2 cm³/mol. The smallest absolute Gasteiger partial charge is 0.0649 e. The highest BCUT2D eigenvalue weighted by Crippen LogP contribution is 2.43. The Balaban J connectivity index is 2.14. The molecule has 0 spiro atoms. The zero-order valence-corrected chi connectivity index (χ0v) is 10.1. The second kappa shape index (κ2) is 3.88. The molecule has 86 valence electrons. The summed E-state index contributed by atoms with van der Waals surface area (Å²) in [7, 11) is 0. The third-order valence-corrected chi connectivity index (χ3v) is 3.23. The second-order valence-corrected chi connectivity index (χ2v) is 4.75. The van der Waals surface area contributed by atoms with E-state index in [-0.39, 0.29) is 0 Å². The Morgan fingerprint density at radius 3 is 2.59 bits per heavy atom. The van der Waals surface area contributed by atoms with Crippen LogP contribution in [0.3, 0.4) is 0 Å². The summed E-state index contributed by atoms with van der Waals surface area (Å²) in [6.45, 7) is 6.10. The van der Waals surface area contributed by atoms with Gasteiger partial charge in [0.15, 0.2) is 0 Å². The van der Waals surface area contributed by atoms with Gasteiger partial charge in [0.1, 0.15) is 0 Å². The number of hydrogen-bond donors (Lipinski definition) is 0. The number of benzene rings is 1. The molecule has 0 radical (unpaired) electrons. The van der Waals surface area contributed by atoms with Gasteiger partial charge in [-0.2, -0.15) is 5.10 Å². The van der Waals surface area contributed by atoms with Crippen molar-refractivity contribution in [2.75, 3.05) is 0 Å². The molecule has 0 aliphatic heterocycles. The van der Waals surface area contributed by atoms with Gasteiger partial charge in [0.2, 0.25) is 0 Å². The first-order valence-corrected chi connectivity index (χ1v) is 6.06. The number of rotatable bonds is 3. The molecule has 3 rings (SSSR count). The quantitative estimate of drug-likeness (QED) is 0.775. The zero-order chi connectivity index (χ0) is 11.8. The summed E-state index contributed by atoms with van der Waals surface area (Å²) in [5, 5.41) is 4.52. The Kier molecular flexibility index (Phi) is 2.36. The summed E-state index contributed by atoms with van der Waals surface area (Å²) in [5.41, 5.74) is 4.80. The van der Waals surface area contributed by atoms with Crippen molar-refractivity contribution in [3.63, 3.8) is 0 Å². The molecule has 0 atom stereocenters. The lowest BCUT2D eigenvalue weighted by Gasteiger charge is -2.08. The van der Waals surface area contributed by atoms with E-state index in [0.29, 0.717) is 5.92 Å². The second-order valence-electron chi connectivity index (χ2n) is 4.75. The minimum absolute atomic E-state index is 0.671. The van der Waals surface area contributed by atoms with Gasteiger partial charge in [0.05, 0.1) is 17.6 Å². The van der Waals surface area contributed by atoms with Gasteiger partial charge in [-0.05, 0) is 37.5 Å². The summed E-state index contributed by atoms with van der Waals surface area (Å²) in [6, 6.07) is 10.3. The number of aromatic nitrogens is 2. The number of allylic oxidation sites excluding steroid dienone is 1. The molecule has 0 amide bonds.